The van der Waals surface area contributed by atoms with E-state index in [0.29, 0.717) is 6.42 Å². The number of ether oxygens (including phenoxy) is 1. The fourth-order valence-electron chi connectivity index (χ4n) is 3.06. The number of fused-ring (bicyclic) bond motifs is 2. The Balaban J connectivity index is 2.33. The minimum atomic E-state index is -0.486. The van der Waals surface area contributed by atoms with E-state index in [1.54, 1.807) is 0 Å². The summed E-state index contributed by atoms with van der Waals surface area (Å²) in [6.45, 7) is 8.12. The van der Waals surface area contributed by atoms with E-state index in [1.165, 1.54) is 0 Å². The second-order valence-corrected chi connectivity index (χ2v) is 6.79. The van der Waals surface area contributed by atoms with Gasteiger partial charge in [0.05, 0.1) is 23.9 Å². The van der Waals surface area contributed by atoms with Gasteiger partial charge in [-0.15, -0.1) is 0 Å². The standard InChI is InChI=1S/C15H26O3/c1-10-5-6-11(16)15(4)8-7-13(18-15)14(2,3)12(17)9-10/h9,11-13,16-17H,5-8H2,1-4H3/b10-9+. The van der Waals surface area contributed by atoms with Crippen LogP contribution >= 0.6 is 0 Å². The van der Waals surface area contributed by atoms with E-state index in [-0.39, 0.29) is 11.5 Å². The Morgan fingerprint density at radius 3 is 2.56 bits per heavy atom. The van der Waals surface area contributed by atoms with Crippen LogP contribution in [0.25, 0.3) is 0 Å². The van der Waals surface area contributed by atoms with Crippen LogP contribution in [0.15, 0.2) is 11.6 Å². The van der Waals surface area contributed by atoms with Crippen LogP contribution in [-0.4, -0.2) is 34.1 Å². The SMILES string of the molecule is C/C1=C\C(O)C(C)(C)C2CCC(C)(O2)C(O)CC1. The summed E-state index contributed by atoms with van der Waals surface area (Å²) in [6.07, 6.45) is 4.33. The molecule has 2 rings (SSSR count). The van der Waals surface area contributed by atoms with Crippen molar-refractivity contribution in [3.8, 4) is 0 Å². The average molecular weight is 254 g/mol. The van der Waals surface area contributed by atoms with Crippen LogP contribution in [0.2, 0.25) is 0 Å². The van der Waals surface area contributed by atoms with E-state index >= 15 is 0 Å². The maximum atomic E-state index is 10.4. The average Bonchev–Trinajstić information content (AvgIpc) is 2.69. The zero-order chi connectivity index (χ0) is 13.6. The van der Waals surface area contributed by atoms with E-state index in [0.717, 1.165) is 24.8 Å². The monoisotopic (exact) mass is 254 g/mol. The van der Waals surface area contributed by atoms with Gasteiger partial charge in [-0.3, -0.25) is 0 Å². The molecular weight excluding hydrogens is 228 g/mol. The van der Waals surface area contributed by atoms with Crippen molar-refractivity contribution in [2.75, 3.05) is 0 Å². The molecule has 4 unspecified atom stereocenters. The van der Waals surface area contributed by atoms with Gasteiger partial charge in [-0.25, -0.2) is 0 Å². The molecule has 2 bridgehead atoms. The summed E-state index contributed by atoms with van der Waals surface area (Å²) in [5.74, 6) is 0. The van der Waals surface area contributed by atoms with Gasteiger partial charge in [0.1, 0.15) is 0 Å². The van der Waals surface area contributed by atoms with Crippen molar-refractivity contribution >= 4 is 0 Å². The molecule has 18 heavy (non-hydrogen) atoms. The number of aliphatic hydroxyl groups excluding tert-OH is 2. The van der Waals surface area contributed by atoms with Crippen LogP contribution in [0.4, 0.5) is 0 Å². The van der Waals surface area contributed by atoms with Crippen molar-refractivity contribution in [3.63, 3.8) is 0 Å². The highest BCUT2D eigenvalue weighted by molar-refractivity contribution is 5.10. The van der Waals surface area contributed by atoms with Gasteiger partial charge in [0.2, 0.25) is 0 Å². The van der Waals surface area contributed by atoms with E-state index in [2.05, 4.69) is 0 Å². The molecule has 1 fully saturated rings. The molecule has 3 nitrogen and oxygen atoms in total. The van der Waals surface area contributed by atoms with Crippen molar-refractivity contribution < 1.29 is 14.9 Å². The molecule has 4 atom stereocenters. The van der Waals surface area contributed by atoms with Crippen LogP contribution in [-0.2, 0) is 4.74 Å². The van der Waals surface area contributed by atoms with Gasteiger partial charge in [0.25, 0.3) is 0 Å². The van der Waals surface area contributed by atoms with Crippen molar-refractivity contribution in [1.82, 2.24) is 0 Å². The molecule has 0 saturated carbocycles. The molecule has 2 aliphatic rings. The van der Waals surface area contributed by atoms with Crippen molar-refractivity contribution in [2.45, 2.75) is 77.3 Å². The smallest absolute Gasteiger partial charge is 0.0917 e. The van der Waals surface area contributed by atoms with Crippen molar-refractivity contribution in [3.05, 3.63) is 11.6 Å². The fourth-order valence-corrected chi connectivity index (χ4v) is 3.06. The molecule has 2 heterocycles. The molecule has 0 aliphatic carbocycles. The van der Waals surface area contributed by atoms with Gasteiger partial charge in [-0.05, 0) is 39.5 Å². The first-order valence-corrected chi connectivity index (χ1v) is 6.97. The molecule has 2 N–H and O–H groups in total. The van der Waals surface area contributed by atoms with Crippen molar-refractivity contribution in [2.24, 2.45) is 5.41 Å². The first-order chi connectivity index (χ1) is 8.25. The predicted molar refractivity (Wildman–Crippen MR) is 71.3 cm³/mol. The lowest BCUT2D eigenvalue weighted by Crippen LogP contribution is -2.45. The Morgan fingerprint density at radius 1 is 1.22 bits per heavy atom. The lowest BCUT2D eigenvalue weighted by atomic mass is 9.79. The van der Waals surface area contributed by atoms with Gasteiger partial charge >= 0.3 is 0 Å². The normalized spacial score (nSPS) is 47.4. The first-order valence-electron chi connectivity index (χ1n) is 6.97. The molecule has 0 aromatic rings. The quantitative estimate of drug-likeness (QED) is 0.653. The number of rotatable bonds is 0. The molecule has 2 aliphatic heterocycles. The number of aliphatic hydroxyl groups is 2. The Kier molecular flexibility index (Phi) is 3.60. The number of allylic oxidation sites excluding steroid dienone is 1. The van der Waals surface area contributed by atoms with Gasteiger partial charge in [0.15, 0.2) is 0 Å². The molecule has 1 saturated heterocycles. The molecule has 0 aromatic carbocycles. The minimum absolute atomic E-state index is 0.00861. The lowest BCUT2D eigenvalue weighted by Gasteiger charge is -2.39. The van der Waals surface area contributed by atoms with Gasteiger partial charge in [-0.2, -0.15) is 0 Å². The largest absolute Gasteiger partial charge is 0.390 e. The van der Waals surface area contributed by atoms with Gasteiger partial charge in [0, 0.05) is 5.41 Å². The number of hydrogen-bond acceptors (Lipinski definition) is 3. The third-order valence-electron chi connectivity index (χ3n) is 4.87. The highest BCUT2D eigenvalue weighted by Gasteiger charge is 2.48. The zero-order valence-corrected chi connectivity index (χ0v) is 11.9. The first kappa shape index (κ1) is 14.0. The second kappa shape index (κ2) is 4.62. The Labute approximate surface area is 110 Å². The predicted octanol–water partition coefficient (Wildman–Crippen LogP) is 2.41. The lowest BCUT2D eigenvalue weighted by molar-refractivity contribution is -0.147. The van der Waals surface area contributed by atoms with E-state index < -0.39 is 17.8 Å². The topological polar surface area (TPSA) is 49.7 Å². The summed E-state index contributed by atoms with van der Waals surface area (Å²) in [4.78, 5) is 0. The molecule has 0 aromatic heterocycles. The Morgan fingerprint density at radius 2 is 1.89 bits per heavy atom. The molecule has 104 valence electrons. The van der Waals surface area contributed by atoms with Crippen LogP contribution < -0.4 is 0 Å². The summed E-state index contributed by atoms with van der Waals surface area (Å²) >= 11 is 0. The maximum Gasteiger partial charge on any atom is 0.0917 e. The second-order valence-electron chi connectivity index (χ2n) is 6.79. The summed E-state index contributed by atoms with van der Waals surface area (Å²) in [5.41, 5.74) is 0.398. The summed E-state index contributed by atoms with van der Waals surface area (Å²) < 4.78 is 6.12. The molecule has 0 radical (unpaired) electrons. The molecule has 3 heteroatoms. The zero-order valence-electron chi connectivity index (χ0n) is 11.9. The van der Waals surface area contributed by atoms with E-state index in [9.17, 15) is 10.2 Å². The van der Waals surface area contributed by atoms with Gasteiger partial charge < -0.3 is 14.9 Å². The summed E-state index contributed by atoms with van der Waals surface area (Å²) in [7, 11) is 0. The van der Waals surface area contributed by atoms with E-state index in [1.807, 2.05) is 33.8 Å². The van der Waals surface area contributed by atoms with Gasteiger partial charge in [-0.1, -0.05) is 25.5 Å². The summed E-state index contributed by atoms with van der Waals surface area (Å²) in [5, 5.41) is 20.7. The van der Waals surface area contributed by atoms with Crippen LogP contribution in [0, 0.1) is 5.41 Å². The summed E-state index contributed by atoms with van der Waals surface area (Å²) in [6, 6.07) is 0. The Bertz CT molecular complexity index is 348. The third kappa shape index (κ3) is 2.36. The van der Waals surface area contributed by atoms with Crippen LogP contribution in [0.5, 0.6) is 0 Å². The van der Waals surface area contributed by atoms with Crippen molar-refractivity contribution in [1.29, 1.82) is 0 Å². The minimum Gasteiger partial charge on any atom is -0.390 e. The van der Waals surface area contributed by atoms with Crippen LogP contribution in [0.3, 0.4) is 0 Å². The van der Waals surface area contributed by atoms with E-state index in [4.69, 9.17) is 4.74 Å². The molecule has 0 amide bonds. The highest BCUT2D eigenvalue weighted by Crippen LogP contribution is 2.44. The maximum absolute atomic E-state index is 10.4. The number of hydrogen-bond donors (Lipinski definition) is 2. The molecular formula is C15H26O3. The third-order valence-corrected chi connectivity index (χ3v) is 4.87. The highest BCUT2D eigenvalue weighted by atomic mass is 16.5. The molecule has 0 spiro atoms. The fraction of sp³-hybridized carbons (Fsp3) is 0.867. The Hall–Kier alpha value is -0.380. The van der Waals surface area contributed by atoms with Crippen LogP contribution in [0.1, 0.15) is 53.4 Å².